The van der Waals surface area contributed by atoms with E-state index in [-0.39, 0.29) is 11.9 Å². The number of rotatable bonds is 9. The van der Waals surface area contributed by atoms with Gasteiger partial charge in [-0.25, -0.2) is 0 Å². The summed E-state index contributed by atoms with van der Waals surface area (Å²) in [5, 5.41) is 6.44. The lowest BCUT2D eigenvalue weighted by molar-refractivity contribution is -0.123. The predicted molar refractivity (Wildman–Crippen MR) is 77.6 cm³/mol. The molecule has 2 rings (SSSR count). The van der Waals surface area contributed by atoms with Gasteiger partial charge in [-0.05, 0) is 44.1 Å². The number of unbranched alkanes of at least 4 members (excludes halogenated alkanes) is 1. The maximum absolute atomic E-state index is 12.1. The number of nitrogens with one attached hydrogen (secondary N) is 2. The van der Waals surface area contributed by atoms with Gasteiger partial charge in [-0.1, -0.05) is 6.42 Å². The van der Waals surface area contributed by atoms with E-state index >= 15 is 0 Å². The largest absolute Gasteiger partial charge is 0.382 e. The molecule has 3 atom stereocenters. The van der Waals surface area contributed by atoms with Crippen LogP contribution in [0, 0.1) is 11.8 Å². The maximum atomic E-state index is 12.1. The second-order valence-electron chi connectivity index (χ2n) is 5.84. The molecule has 5 nitrogen and oxygen atoms in total. The van der Waals surface area contributed by atoms with Crippen LogP contribution in [0.25, 0.3) is 0 Å². The van der Waals surface area contributed by atoms with Crippen molar-refractivity contribution in [3.05, 3.63) is 0 Å². The van der Waals surface area contributed by atoms with Gasteiger partial charge in [0.15, 0.2) is 0 Å². The first-order valence-corrected chi connectivity index (χ1v) is 7.90. The normalized spacial score (nSPS) is 28.6. The molecule has 0 aromatic rings. The zero-order valence-corrected chi connectivity index (χ0v) is 12.5. The highest BCUT2D eigenvalue weighted by molar-refractivity contribution is 5.82. The highest BCUT2D eigenvalue weighted by atomic mass is 16.5. The monoisotopic (exact) mass is 284 g/mol. The molecule has 1 heterocycles. The minimum absolute atomic E-state index is 0.0560. The molecule has 2 aliphatic rings. The molecule has 2 N–H and O–H groups in total. The molecule has 20 heavy (non-hydrogen) atoms. The molecule has 0 radical (unpaired) electrons. The van der Waals surface area contributed by atoms with Crippen molar-refractivity contribution >= 4 is 5.91 Å². The summed E-state index contributed by atoms with van der Waals surface area (Å²) in [7, 11) is 1.67. The van der Waals surface area contributed by atoms with Crippen molar-refractivity contribution < 1.29 is 14.3 Å². The molecule has 1 aliphatic heterocycles. The van der Waals surface area contributed by atoms with Gasteiger partial charge in [0.1, 0.15) is 0 Å². The Morgan fingerprint density at radius 1 is 1.25 bits per heavy atom. The second-order valence-corrected chi connectivity index (χ2v) is 5.84. The summed E-state index contributed by atoms with van der Waals surface area (Å²) in [5.74, 6) is 1.51. The Kier molecular flexibility index (Phi) is 6.76. The zero-order chi connectivity index (χ0) is 14.2. The Bertz CT molecular complexity index is 299. The van der Waals surface area contributed by atoms with Crippen molar-refractivity contribution in [2.45, 2.75) is 38.1 Å². The summed E-state index contributed by atoms with van der Waals surface area (Å²) >= 11 is 0. The molecule has 1 amide bonds. The van der Waals surface area contributed by atoms with Crippen LogP contribution in [0.4, 0.5) is 0 Å². The van der Waals surface area contributed by atoms with Crippen LogP contribution in [0.3, 0.4) is 0 Å². The third-order valence-corrected chi connectivity index (χ3v) is 4.47. The number of amides is 1. The first-order valence-electron chi connectivity index (χ1n) is 7.90. The van der Waals surface area contributed by atoms with Crippen molar-refractivity contribution in [2.24, 2.45) is 11.8 Å². The Morgan fingerprint density at radius 2 is 2.15 bits per heavy atom. The van der Waals surface area contributed by atoms with Gasteiger partial charge in [0.05, 0.1) is 19.3 Å². The van der Waals surface area contributed by atoms with E-state index in [4.69, 9.17) is 9.47 Å². The fraction of sp³-hybridized carbons (Fsp3) is 0.933. The molecule has 3 unspecified atom stereocenters. The first kappa shape index (κ1) is 15.7. The van der Waals surface area contributed by atoms with E-state index in [9.17, 15) is 4.79 Å². The molecule has 0 aromatic carbocycles. The number of ether oxygens (including phenoxy) is 2. The molecule has 5 heteroatoms. The maximum Gasteiger partial charge on any atom is 0.237 e. The van der Waals surface area contributed by atoms with Crippen molar-refractivity contribution in [3.8, 4) is 0 Å². The SMILES string of the molecule is COCCOCCCCNC(=O)C1NCC2CCCC21. The smallest absolute Gasteiger partial charge is 0.237 e. The zero-order valence-electron chi connectivity index (χ0n) is 12.5. The van der Waals surface area contributed by atoms with E-state index in [0.717, 1.165) is 38.5 Å². The Morgan fingerprint density at radius 3 is 3.00 bits per heavy atom. The molecule has 0 aromatic heterocycles. The van der Waals surface area contributed by atoms with Crippen LogP contribution < -0.4 is 10.6 Å². The Hall–Kier alpha value is -0.650. The standard InChI is InChI=1S/C15H28N2O3/c1-19-9-10-20-8-3-2-7-16-15(18)14-13-6-4-5-12(13)11-17-14/h12-14,17H,2-11H2,1H3,(H,16,18). The summed E-state index contributed by atoms with van der Waals surface area (Å²) in [4.78, 5) is 12.1. The van der Waals surface area contributed by atoms with Gasteiger partial charge in [0, 0.05) is 20.3 Å². The lowest BCUT2D eigenvalue weighted by Gasteiger charge is -2.17. The average molecular weight is 284 g/mol. The quantitative estimate of drug-likeness (QED) is 0.619. The van der Waals surface area contributed by atoms with Gasteiger partial charge < -0.3 is 20.1 Å². The number of methoxy groups -OCH3 is 1. The van der Waals surface area contributed by atoms with Crippen molar-refractivity contribution in [3.63, 3.8) is 0 Å². The number of carbonyl (C=O) groups is 1. The van der Waals surface area contributed by atoms with Gasteiger partial charge in [-0.2, -0.15) is 0 Å². The van der Waals surface area contributed by atoms with Crippen molar-refractivity contribution in [1.29, 1.82) is 0 Å². The van der Waals surface area contributed by atoms with Crippen LogP contribution in [0.2, 0.25) is 0 Å². The topological polar surface area (TPSA) is 59.6 Å². The van der Waals surface area contributed by atoms with Crippen LogP contribution in [0.5, 0.6) is 0 Å². The fourth-order valence-corrected chi connectivity index (χ4v) is 3.37. The number of carbonyl (C=O) groups excluding carboxylic acids is 1. The summed E-state index contributed by atoms with van der Waals surface area (Å²) in [6.45, 7) is 3.81. The molecular formula is C15H28N2O3. The lowest BCUT2D eigenvalue weighted by Crippen LogP contribution is -2.44. The molecule has 1 saturated carbocycles. The number of hydrogen-bond donors (Lipinski definition) is 2. The molecule has 0 spiro atoms. The fourth-order valence-electron chi connectivity index (χ4n) is 3.37. The minimum Gasteiger partial charge on any atom is -0.382 e. The second kappa shape index (κ2) is 8.60. The van der Waals surface area contributed by atoms with Crippen LogP contribution in [-0.4, -0.2) is 52.0 Å². The Labute approximate surface area is 121 Å². The van der Waals surface area contributed by atoms with Gasteiger partial charge in [0.25, 0.3) is 0 Å². The van der Waals surface area contributed by atoms with Gasteiger partial charge in [0.2, 0.25) is 5.91 Å². The van der Waals surface area contributed by atoms with Gasteiger partial charge in [-0.3, -0.25) is 4.79 Å². The number of hydrogen-bond acceptors (Lipinski definition) is 4. The highest BCUT2D eigenvalue weighted by Crippen LogP contribution is 2.37. The minimum atomic E-state index is 0.0560. The molecule has 116 valence electrons. The van der Waals surface area contributed by atoms with E-state index in [1.165, 1.54) is 19.3 Å². The predicted octanol–water partition coefficient (Wildman–Crippen LogP) is 0.934. The van der Waals surface area contributed by atoms with E-state index < -0.39 is 0 Å². The first-order chi connectivity index (χ1) is 9.83. The summed E-state index contributed by atoms with van der Waals surface area (Å²) < 4.78 is 10.3. The molecular weight excluding hydrogens is 256 g/mol. The lowest BCUT2D eigenvalue weighted by atomic mass is 9.93. The van der Waals surface area contributed by atoms with Crippen LogP contribution in [0.1, 0.15) is 32.1 Å². The summed E-state index contributed by atoms with van der Waals surface area (Å²) in [6.07, 6.45) is 5.75. The van der Waals surface area contributed by atoms with Crippen LogP contribution in [0.15, 0.2) is 0 Å². The van der Waals surface area contributed by atoms with E-state index in [2.05, 4.69) is 10.6 Å². The third-order valence-electron chi connectivity index (χ3n) is 4.47. The van der Waals surface area contributed by atoms with Gasteiger partial charge >= 0.3 is 0 Å². The summed E-state index contributed by atoms with van der Waals surface area (Å²) in [6, 6.07) is 0.0560. The van der Waals surface area contributed by atoms with E-state index in [0.29, 0.717) is 19.1 Å². The van der Waals surface area contributed by atoms with Crippen LogP contribution in [-0.2, 0) is 14.3 Å². The van der Waals surface area contributed by atoms with E-state index in [1.807, 2.05) is 0 Å². The molecule has 0 bridgehead atoms. The van der Waals surface area contributed by atoms with Crippen LogP contribution >= 0.6 is 0 Å². The van der Waals surface area contributed by atoms with Gasteiger partial charge in [-0.15, -0.1) is 0 Å². The molecule has 1 aliphatic carbocycles. The van der Waals surface area contributed by atoms with Crippen molar-refractivity contribution in [1.82, 2.24) is 10.6 Å². The molecule has 2 fully saturated rings. The Balaban J connectivity index is 1.50. The third kappa shape index (κ3) is 4.43. The van der Waals surface area contributed by atoms with Crippen molar-refractivity contribution in [2.75, 3.05) is 40.0 Å². The highest BCUT2D eigenvalue weighted by Gasteiger charge is 2.42. The number of fused-ring (bicyclic) bond motifs is 1. The average Bonchev–Trinajstić information content (AvgIpc) is 3.04. The summed E-state index contributed by atoms with van der Waals surface area (Å²) in [5.41, 5.74) is 0. The molecule has 1 saturated heterocycles. The van der Waals surface area contributed by atoms with E-state index in [1.54, 1.807) is 7.11 Å².